The molecule has 2 fully saturated rings. The Morgan fingerprint density at radius 3 is 2.38 bits per heavy atom. The van der Waals surface area contributed by atoms with Crippen molar-refractivity contribution in [3.05, 3.63) is 42.2 Å². The molecular weight excluding hydrogens is 258 g/mol. The second kappa shape index (κ2) is 5.90. The van der Waals surface area contributed by atoms with Crippen LogP contribution in [0.4, 0.5) is 0 Å². The van der Waals surface area contributed by atoms with E-state index in [-0.39, 0.29) is 0 Å². The number of fused-ring (bicyclic) bond motifs is 2. The second-order valence-corrected chi connectivity index (χ2v) is 6.97. The summed E-state index contributed by atoms with van der Waals surface area (Å²) in [7, 11) is 0. The molecule has 0 N–H and O–H groups in total. The third-order valence-corrected chi connectivity index (χ3v) is 5.53. The minimum Gasteiger partial charge on any atom is -0.300 e. The van der Waals surface area contributed by atoms with Crippen molar-refractivity contribution >= 4 is 0 Å². The van der Waals surface area contributed by atoms with Crippen LogP contribution in [-0.4, -0.2) is 47.5 Å². The molecule has 1 aromatic rings. The molecule has 0 aromatic carbocycles. The van der Waals surface area contributed by atoms with Crippen LogP contribution in [-0.2, 0) is 6.54 Å². The van der Waals surface area contributed by atoms with Gasteiger partial charge in [-0.05, 0) is 48.3 Å². The molecule has 4 rings (SSSR count). The summed E-state index contributed by atoms with van der Waals surface area (Å²) in [5.74, 6) is 2.74. The highest BCUT2D eigenvalue weighted by Gasteiger charge is 2.36. The largest absolute Gasteiger partial charge is 0.300 e. The molecule has 2 aliphatic carbocycles. The highest BCUT2D eigenvalue weighted by Crippen LogP contribution is 2.43. The zero-order chi connectivity index (χ0) is 14.1. The molecule has 0 amide bonds. The lowest BCUT2D eigenvalue weighted by molar-refractivity contribution is 0.108. The van der Waals surface area contributed by atoms with Crippen molar-refractivity contribution in [3.8, 4) is 0 Å². The monoisotopic (exact) mass is 283 g/mol. The first kappa shape index (κ1) is 13.5. The van der Waals surface area contributed by atoms with Gasteiger partial charge in [-0.15, -0.1) is 0 Å². The summed E-state index contributed by atoms with van der Waals surface area (Å²) in [6, 6.07) is 4.27. The van der Waals surface area contributed by atoms with Gasteiger partial charge < -0.3 is 4.90 Å². The van der Waals surface area contributed by atoms with Gasteiger partial charge in [0.1, 0.15) is 0 Å². The summed E-state index contributed by atoms with van der Waals surface area (Å²) in [6.07, 6.45) is 11.6. The van der Waals surface area contributed by atoms with E-state index in [0.717, 1.165) is 24.3 Å². The minimum absolute atomic E-state index is 0.893. The van der Waals surface area contributed by atoms with Gasteiger partial charge in [0.15, 0.2) is 0 Å². The fourth-order valence-electron chi connectivity index (χ4n) is 4.31. The Kier molecular flexibility index (Phi) is 3.78. The van der Waals surface area contributed by atoms with Crippen molar-refractivity contribution in [3.63, 3.8) is 0 Å². The highest BCUT2D eigenvalue weighted by molar-refractivity contribution is 5.11. The minimum atomic E-state index is 0.893. The van der Waals surface area contributed by atoms with Crippen LogP contribution in [0.3, 0.4) is 0 Å². The Morgan fingerprint density at radius 2 is 1.71 bits per heavy atom. The van der Waals surface area contributed by atoms with Crippen molar-refractivity contribution in [1.82, 2.24) is 14.8 Å². The molecule has 0 unspecified atom stereocenters. The molecule has 1 saturated heterocycles. The molecule has 0 spiro atoms. The van der Waals surface area contributed by atoms with E-state index in [9.17, 15) is 0 Å². The first-order valence-electron chi connectivity index (χ1n) is 8.39. The van der Waals surface area contributed by atoms with E-state index in [0.29, 0.717) is 0 Å². The maximum atomic E-state index is 4.09. The van der Waals surface area contributed by atoms with Crippen molar-refractivity contribution in [2.24, 2.45) is 17.8 Å². The smallest absolute Gasteiger partial charge is 0.0271 e. The van der Waals surface area contributed by atoms with Crippen LogP contribution < -0.4 is 0 Å². The summed E-state index contributed by atoms with van der Waals surface area (Å²) in [4.78, 5) is 9.37. The molecule has 0 radical (unpaired) electrons. The average Bonchev–Trinajstić information content (AvgIpc) is 3.13. The Labute approximate surface area is 127 Å². The van der Waals surface area contributed by atoms with Crippen molar-refractivity contribution < 1.29 is 0 Å². The fraction of sp³-hybridized carbons (Fsp3) is 0.611. The number of aromatic nitrogens is 1. The Balaban J connectivity index is 1.24. The van der Waals surface area contributed by atoms with Gasteiger partial charge >= 0.3 is 0 Å². The van der Waals surface area contributed by atoms with Crippen LogP contribution in [0, 0.1) is 17.8 Å². The van der Waals surface area contributed by atoms with E-state index in [2.05, 4.69) is 39.1 Å². The standard InChI is InChI=1S/C18H25N3/c1-2-17-11-16(1)12-18(17)14-21-9-7-20(8-10-21)13-15-3-5-19-6-4-15/h1-6,16-18H,7-14H2/t16-,17+,18+/m0/s1. The predicted molar refractivity (Wildman–Crippen MR) is 84.8 cm³/mol. The van der Waals surface area contributed by atoms with Crippen LogP contribution >= 0.6 is 0 Å². The summed E-state index contributed by atoms with van der Waals surface area (Å²) < 4.78 is 0. The Bertz CT molecular complexity index is 490. The molecule has 1 aliphatic heterocycles. The van der Waals surface area contributed by atoms with E-state index in [1.807, 2.05) is 12.4 Å². The van der Waals surface area contributed by atoms with Gasteiger partial charge in [0.2, 0.25) is 0 Å². The molecule has 1 aromatic heterocycles. The molecule has 2 heterocycles. The van der Waals surface area contributed by atoms with E-state index < -0.39 is 0 Å². The number of hydrogen-bond donors (Lipinski definition) is 0. The van der Waals surface area contributed by atoms with Gasteiger partial charge in [-0.25, -0.2) is 0 Å². The normalized spacial score (nSPS) is 32.9. The third kappa shape index (κ3) is 3.04. The Morgan fingerprint density at radius 1 is 0.952 bits per heavy atom. The molecule has 112 valence electrons. The zero-order valence-electron chi connectivity index (χ0n) is 12.7. The third-order valence-electron chi connectivity index (χ3n) is 5.53. The van der Waals surface area contributed by atoms with Crippen LogP contribution in [0.5, 0.6) is 0 Å². The van der Waals surface area contributed by atoms with Gasteiger partial charge in [0.25, 0.3) is 0 Å². The summed E-state index contributed by atoms with van der Waals surface area (Å²) in [5, 5.41) is 0. The molecular formula is C18H25N3. The SMILES string of the molecule is C1=C[C@@H]2C[C@H]1C[C@@H]2CN1CCN(Cc2ccncc2)CC1. The number of pyridine rings is 1. The first-order valence-corrected chi connectivity index (χ1v) is 8.39. The number of hydrogen-bond acceptors (Lipinski definition) is 3. The molecule has 1 saturated carbocycles. The second-order valence-electron chi connectivity index (χ2n) is 6.97. The van der Waals surface area contributed by atoms with Crippen LogP contribution in [0.2, 0.25) is 0 Å². The van der Waals surface area contributed by atoms with Gasteiger partial charge in [0, 0.05) is 51.7 Å². The summed E-state index contributed by atoms with van der Waals surface area (Å²) in [5.41, 5.74) is 1.39. The Hall–Kier alpha value is -1.19. The number of allylic oxidation sites excluding steroid dienone is 2. The molecule has 3 heteroatoms. The van der Waals surface area contributed by atoms with Gasteiger partial charge in [-0.1, -0.05) is 12.2 Å². The van der Waals surface area contributed by atoms with E-state index in [4.69, 9.17) is 0 Å². The van der Waals surface area contributed by atoms with Crippen molar-refractivity contribution in [2.45, 2.75) is 19.4 Å². The molecule has 3 aliphatic rings. The van der Waals surface area contributed by atoms with Crippen LogP contribution in [0.1, 0.15) is 18.4 Å². The topological polar surface area (TPSA) is 19.4 Å². The number of nitrogens with zero attached hydrogens (tertiary/aromatic N) is 3. The highest BCUT2D eigenvalue weighted by atomic mass is 15.3. The van der Waals surface area contributed by atoms with Gasteiger partial charge in [0.05, 0.1) is 0 Å². The maximum Gasteiger partial charge on any atom is 0.0271 e. The lowest BCUT2D eigenvalue weighted by Gasteiger charge is -2.37. The van der Waals surface area contributed by atoms with E-state index >= 15 is 0 Å². The number of rotatable bonds is 4. The molecule has 2 bridgehead atoms. The average molecular weight is 283 g/mol. The lowest BCUT2D eigenvalue weighted by atomic mass is 9.93. The zero-order valence-corrected chi connectivity index (χ0v) is 12.7. The maximum absolute atomic E-state index is 4.09. The predicted octanol–water partition coefficient (Wildman–Crippen LogP) is 2.41. The van der Waals surface area contributed by atoms with Crippen LogP contribution in [0.25, 0.3) is 0 Å². The summed E-state index contributed by atoms with van der Waals surface area (Å²) >= 11 is 0. The van der Waals surface area contributed by atoms with E-state index in [1.54, 1.807) is 0 Å². The van der Waals surface area contributed by atoms with Gasteiger partial charge in [-0.3, -0.25) is 9.88 Å². The first-order chi connectivity index (χ1) is 10.4. The van der Waals surface area contributed by atoms with Crippen molar-refractivity contribution in [1.29, 1.82) is 0 Å². The lowest BCUT2D eigenvalue weighted by Crippen LogP contribution is -2.47. The van der Waals surface area contributed by atoms with Crippen LogP contribution in [0.15, 0.2) is 36.7 Å². The van der Waals surface area contributed by atoms with Crippen molar-refractivity contribution in [2.75, 3.05) is 32.7 Å². The molecule has 21 heavy (non-hydrogen) atoms. The molecule has 3 nitrogen and oxygen atoms in total. The quantitative estimate of drug-likeness (QED) is 0.791. The number of piperazine rings is 1. The molecule has 3 atom stereocenters. The fourth-order valence-corrected chi connectivity index (χ4v) is 4.31. The van der Waals surface area contributed by atoms with E-state index in [1.165, 1.54) is 51.1 Å². The van der Waals surface area contributed by atoms with Gasteiger partial charge in [-0.2, -0.15) is 0 Å². The summed E-state index contributed by atoms with van der Waals surface area (Å²) in [6.45, 7) is 7.30.